The van der Waals surface area contributed by atoms with E-state index >= 15 is 0 Å². The van der Waals surface area contributed by atoms with Crippen molar-refractivity contribution < 1.29 is 19.1 Å². The number of hydrogen-bond acceptors (Lipinski definition) is 4. The number of hydrogen-bond donors (Lipinski definition) is 2. The van der Waals surface area contributed by atoms with Gasteiger partial charge in [-0.15, -0.1) is 0 Å². The number of aryl methyl sites for hydroxylation is 2. The summed E-state index contributed by atoms with van der Waals surface area (Å²) in [5.41, 5.74) is 3.12. The summed E-state index contributed by atoms with van der Waals surface area (Å²) in [6, 6.07) is 10.1. The van der Waals surface area contributed by atoms with Crippen molar-refractivity contribution >= 4 is 17.5 Å². The molecule has 2 N–H and O–H groups in total. The van der Waals surface area contributed by atoms with Crippen LogP contribution in [0.2, 0.25) is 0 Å². The normalized spacial score (nSPS) is 11.7. The molecule has 2 aromatic rings. The fourth-order valence-corrected chi connectivity index (χ4v) is 2.78. The van der Waals surface area contributed by atoms with Gasteiger partial charge in [0.2, 0.25) is 5.91 Å². The summed E-state index contributed by atoms with van der Waals surface area (Å²) in [5.74, 6) is 0.288. The van der Waals surface area contributed by atoms with Gasteiger partial charge >= 0.3 is 0 Å². The van der Waals surface area contributed by atoms with Gasteiger partial charge in [0.15, 0.2) is 0 Å². The zero-order chi connectivity index (χ0) is 20.8. The van der Waals surface area contributed by atoms with Crippen LogP contribution in [-0.2, 0) is 4.79 Å². The summed E-state index contributed by atoms with van der Waals surface area (Å²) < 4.78 is 10.4. The molecule has 2 rings (SSSR count). The van der Waals surface area contributed by atoms with Gasteiger partial charge in [-0.1, -0.05) is 26.0 Å². The third-order valence-corrected chi connectivity index (χ3v) is 4.50. The molecule has 150 valence electrons. The van der Waals surface area contributed by atoms with E-state index in [1.807, 2.05) is 45.9 Å². The Morgan fingerprint density at radius 1 is 0.929 bits per heavy atom. The van der Waals surface area contributed by atoms with E-state index in [9.17, 15) is 9.59 Å². The summed E-state index contributed by atoms with van der Waals surface area (Å²) in [6.07, 6.45) is 0. The zero-order valence-electron chi connectivity index (χ0n) is 17.3. The summed E-state index contributed by atoms with van der Waals surface area (Å²) in [6.45, 7) is 7.67. The summed E-state index contributed by atoms with van der Waals surface area (Å²) >= 11 is 0. The lowest BCUT2D eigenvalue weighted by molar-refractivity contribution is -0.118. The molecule has 0 radical (unpaired) electrons. The third-order valence-electron chi connectivity index (χ3n) is 4.50. The molecule has 2 amide bonds. The maximum absolute atomic E-state index is 12.9. The Morgan fingerprint density at radius 3 is 2.07 bits per heavy atom. The number of benzene rings is 2. The molecule has 0 aliphatic carbocycles. The van der Waals surface area contributed by atoms with Gasteiger partial charge in [0, 0.05) is 17.3 Å². The maximum Gasteiger partial charge on any atom is 0.252 e. The molecule has 0 aromatic heterocycles. The molecule has 0 heterocycles. The number of rotatable bonds is 7. The van der Waals surface area contributed by atoms with Crippen LogP contribution in [0.15, 0.2) is 36.4 Å². The van der Waals surface area contributed by atoms with Crippen molar-refractivity contribution in [2.24, 2.45) is 5.92 Å². The van der Waals surface area contributed by atoms with Crippen molar-refractivity contribution in [3.05, 3.63) is 53.1 Å². The number of carbonyl (C=O) groups is 2. The number of anilines is 1. The van der Waals surface area contributed by atoms with Crippen molar-refractivity contribution in [2.45, 2.75) is 33.7 Å². The second-order valence-electron chi connectivity index (χ2n) is 7.10. The van der Waals surface area contributed by atoms with Crippen LogP contribution in [-0.4, -0.2) is 32.1 Å². The van der Waals surface area contributed by atoms with Gasteiger partial charge in [-0.05, 0) is 49.1 Å². The molecule has 6 heteroatoms. The Labute approximate surface area is 166 Å². The van der Waals surface area contributed by atoms with E-state index < -0.39 is 6.04 Å². The molecule has 0 aliphatic rings. The second-order valence-corrected chi connectivity index (χ2v) is 7.10. The molecule has 1 unspecified atom stereocenters. The van der Waals surface area contributed by atoms with E-state index in [2.05, 4.69) is 10.6 Å². The van der Waals surface area contributed by atoms with Crippen molar-refractivity contribution in [1.82, 2.24) is 5.32 Å². The number of ether oxygens (including phenoxy) is 2. The topological polar surface area (TPSA) is 76.7 Å². The van der Waals surface area contributed by atoms with Gasteiger partial charge in [-0.2, -0.15) is 0 Å². The number of nitrogens with one attached hydrogen (secondary N) is 2. The minimum atomic E-state index is -0.690. The number of carbonyl (C=O) groups excluding carboxylic acids is 2. The lowest BCUT2D eigenvalue weighted by Gasteiger charge is -2.22. The fraction of sp³-hybridized carbons (Fsp3) is 0.364. The third kappa shape index (κ3) is 5.25. The molecule has 28 heavy (non-hydrogen) atoms. The Hall–Kier alpha value is -3.02. The molecule has 0 saturated heterocycles. The largest absolute Gasteiger partial charge is 0.497 e. The first-order valence-corrected chi connectivity index (χ1v) is 9.17. The summed E-state index contributed by atoms with van der Waals surface area (Å²) in [7, 11) is 3.04. The lowest BCUT2D eigenvalue weighted by atomic mass is 10.0. The number of methoxy groups -OCH3 is 2. The Balaban J connectivity index is 2.21. The Morgan fingerprint density at radius 2 is 1.54 bits per heavy atom. The Kier molecular flexibility index (Phi) is 7.04. The molecular formula is C22H28N2O4. The zero-order valence-corrected chi connectivity index (χ0v) is 17.3. The van der Waals surface area contributed by atoms with E-state index in [1.165, 1.54) is 14.2 Å². The smallest absolute Gasteiger partial charge is 0.252 e. The second kappa shape index (κ2) is 9.26. The monoisotopic (exact) mass is 384 g/mol. The van der Waals surface area contributed by atoms with Crippen LogP contribution in [0.5, 0.6) is 11.5 Å². The highest BCUT2D eigenvalue weighted by Crippen LogP contribution is 2.23. The fourth-order valence-electron chi connectivity index (χ4n) is 2.78. The van der Waals surface area contributed by atoms with Crippen molar-refractivity contribution in [1.29, 1.82) is 0 Å². The average molecular weight is 384 g/mol. The molecule has 2 aromatic carbocycles. The predicted molar refractivity (Wildman–Crippen MR) is 110 cm³/mol. The molecule has 0 aliphatic heterocycles. The highest BCUT2D eigenvalue weighted by Gasteiger charge is 2.25. The standard InChI is InChI=1S/C22H28N2O4/c1-13(2)20(22(26)23-19-9-14(3)7-8-15(19)4)24-21(25)16-10-17(27-5)12-18(11-16)28-6/h7-13,20H,1-6H3,(H,23,26)(H,24,25). The lowest BCUT2D eigenvalue weighted by Crippen LogP contribution is -2.47. The van der Waals surface area contributed by atoms with E-state index in [-0.39, 0.29) is 17.7 Å². The number of amides is 2. The maximum atomic E-state index is 12.9. The average Bonchev–Trinajstić information content (AvgIpc) is 2.67. The van der Waals surface area contributed by atoms with Crippen LogP contribution < -0.4 is 20.1 Å². The Bertz CT molecular complexity index is 839. The first-order chi connectivity index (χ1) is 13.2. The van der Waals surface area contributed by atoms with E-state index in [0.29, 0.717) is 17.1 Å². The van der Waals surface area contributed by atoms with Crippen LogP contribution >= 0.6 is 0 Å². The van der Waals surface area contributed by atoms with Crippen LogP contribution in [0.25, 0.3) is 0 Å². The quantitative estimate of drug-likeness (QED) is 0.763. The van der Waals surface area contributed by atoms with Gasteiger partial charge in [-0.25, -0.2) is 0 Å². The van der Waals surface area contributed by atoms with Crippen molar-refractivity contribution in [3.8, 4) is 11.5 Å². The van der Waals surface area contributed by atoms with Gasteiger partial charge in [0.1, 0.15) is 17.5 Å². The van der Waals surface area contributed by atoms with Crippen LogP contribution in [0.3, 0.4) is 0 Å². The molecule has 0 spiro atoms. The van der Waals surface area contributed by atoms with Gasteiger partial charge in [-0.3, -0.25) is 9.59 Å². The van der Waals surface area contributed by atoms with Crippen LogP contribution in [0.1, 0.15) is 35.3 Å². The van der Waals surface area contributed by atoms with Gasteiger partial charge in [0.25, 0.3) is 5.91 Å². The molecular weight excluding hydrogens is 356 g/mol. The molecule has 6 nitrogen and oxygen atoms in total. The van der Waals surface area contributed by atoms with E-state index in [0.717, 1.165) is 16.8 Å². The molecule has 1 atom stereocenters. The summed E-state index contributed by atoms with van der Waals surface area (Å²) in [5, 5.41) is 5.76. The minimum absolute atomic E-state index is 0.0958. The van der Waals surface area contributed by atoms with E-state index in [1.54, 1.807) is 18.2 Å². The van der Waals surface area contributed by atoms with Gasteiger partial charge < -0.3 is 20.1 Å². The van der Waals surface area contributed by atoms with E-state index in [4.69, 9.17) is 9.47 Å². The van der Waals surface area contributed by atoms with Crippen molar-refractivity contribution in [2.75, 3.05) is 19.5 Å². The highest BCUT2D eigenvalue weighted by molar-refractivity contribution is 6.02. The minimum Gasteiger partial charge on any atom is -0.497 e. The van der Waals surface area contributed by atoms with Crippen LogP contribution in [0, 0.1) is 19.8 Å². The van der Waals surface area contributed by atoms with Gasteiger partial charge in [0.05, 0.1) is 14.2 Å². The SMILES string of the molecule is COc1cc(OC)cc(C(=O)NC(C(=O)Nc2cc(C)ccc2C)C(C)C)c1. The first kappa shape index (κ1) is 21.3. The highest BCUT2D eigenvalue weighted by atomic mass is 16.5. The molecule has 0 fully saturated rings. The molecule has 0 bridgehead atoms. The van der Waals surface area contributed by atoms with Crippen LogP contribution in [0.4, 0.5) is 5.69 Å². The first-order valence-electron chi connectivity index (χ1n) is 9.17. The predicted octanol–water partition coefficient (Wildman–Crippen LogP) is 3.71. The molecule has 0 saturated carbocycles. The van der Waals surface area contributed by atoms with Crippen molar-refractivity contribution in [3.63, 3.8) is 0 Å². The summed E-state index contributed by atoms with van der Waals surface area (Å²) in [4.78, 5) is 25.6.